The molecule has 1 aromatic carbocycles. The quantitative estimate of drug-likeness (QED) is 0.729. The second-order valence-electron chi connectivity index (χ2n) is 4.12. The van der Waals surface area contributed by atoms with Gasteiger partial charge in [-0.25, -0.2) is 4.98 Å². The van der Waals surface area contributed by atoms with Crippen LogP contribution in [0.25, 0.3) is 22.4 Å². The predicted molar refractivity (Wildman–Crippen MR) is 67.7 cm³/mol. The largest absolute Gasteiger partial charge is 0.338 e. The Hall–Kier alpha value is -2.10. The SMILES string of the molecule is CCc1nn(C)cc1-c1nc2ccccc2[nH]1. The molecule has 0 saturated heterocycles. The van der Waals surface area contributed by atoms with Gasteiger partial charge in [-0.15, -0.1) is 0 Å². The van der Waals surface area contributed by atoms with Gasteiger partial charge in [0.25, 0.3) is 0 Å². The first-order chi connectivity index (χ1) is 8.28. The van der Waals surface area contributed by atoms with Crippen molar-refractivity contribution in [2.24, 2.45) is 7.05 Å². The van der Waals surface area contributed by atoms with Crippen LogP contribution >= 0.6 is 0 Å². The van der Waals surface area contributed by atoms with Crippen LogP contribution in [-0.2, 0) is 13.5 Å². The van der Waals surface area contributed by atoms with E-state index in [0.29, 0.717) is 0 Å². The van der Waals surface area contributed by atoms with Crippen molar-refractivity contribution in [2.75, 3.05) is 0 Å². The Bertz CT molecular complexity index is 630. The average Bonchev–Trinajstić information content (AvgIpc) is 2.91. The van der Waals surface area contributed by atoms with Crippen molar-refractivity contribution >= 4 is 11.0 Å². The molecule has 0 radical (unpaired) electrons. The maximum Gasteiger partial charge on any atom is 0.141 e. The van der Waals surface area contributed by atoms with Gasteiger partial charge >= 0.3 is 0 Å². The highest BCUT2D eigenvalue weighted by Crippen LogP contribution is 2.23. The summed E-state index contributed by atoms with van der Waals surface area (Å²) in [5.74, 6) is 0.899. The Kier molecular flexibility index (Phi) is 2.21. The van der Waals surface area contributed by atoms with Gasteiger partial charge in [-0.05, 0) is 18.6 Å². The van der Waals surface area contributed by atoms with Crippen LogP contribution in [0.1, 0.15) is 12.6 Å². The van der Waals surface area contributed by atoms with Gasteiger partial charge in [-0.1, -0.05) is 19.1 Å². The number of benzene rings is 1. The van der Waals surface area contributed by atoms with E-state index in [-0.39, 0.29) is 0 Å². The highest BCUT2D eigenvalue weighted by atomic mass is 15.3. The number of fused-ring (bicyclic) bond motifs is 1. The van der Waals surface area contributed by atoms with E-state index in [1.807, 2.05) is 42.2 Å². The molecule has 0 aliphatic carbocycles. The van der Waals surface area contributed by atoms with Crippen LogP contribution < -0.4 is 0 Å². The molecule has 0 unspecified atom stereocenters. The first-order valence-electron chi connectivity index (χ1n) is 5.75. The van der Waals surface area contributed by atoms with Crippen molar-refractivity contribution < 1.29 is 0 Å². The Morgan fingerprint density at radius 2 is 2.12 bits per heavy atom. The number of aromatic nitrogens is 4. The Balaban J connectivity index is 2.19. The van der Waals surface area contributed by atoms with E-state index in [1.54, 1.807) is 0 Å². The number of aromatic amines is 1. The molecule has 4 nitrogen and oxygen atoms in total. The van der Waals surface area contributed by atoms with Gasteiger partial charge in [-0.3, -0.25) is 4.68 Å². The zero-order valence-electron chi connectivity index (χ0n) is 9.94. The van der Waals surface area contributed by atoms with Gasteiger partial charge in [0.05, 0.1) is 22.3 Å². The Morgan fingerprint density at radius 3 is 2.88 bits per heavy atom. The van der Waals surface area contributed by atoms with Gasteiger partial charge in [0.2, 0.25) is 0 Å². The number of imidazole rings is 1. The number of para-hydroxylation sites is 2. The van der Waals surface area contributed by atoms with Crippen molar-refractivity contribution in [2.45, 2.75) is 13.3 Å². The van der Waals surface area contributed by atoms with Crippen LogP contribution in [0.15, 0.2) is 30.5 Å². The van der Waals surface area contributed by atoms with E-state index in [1.165, 1.54) is 0 Å². The first-order valence-corrected chi connectivity index (χ1v) is 5.75. The maximum atomic E-state index is 4.60. The molecule has 0 spiro atoms. The van der Waals surface area contributed by atoms with E-state index in [2.05, 4.69) is 22.0 Å². The number of hydrogen-bond donors (Lipinski definition) is 1. The molecule has 2 aromatic heterocycles. The smallest absolute Gasteiger partial charge is 0.141 e. The monoisotopic (exact) mass is 226 g/mol. The van der Waals surface area contributed by atoms with Crippen LogP contribution in [0.3, 0.4) is 0 Å². The van der Waals surface area contributed by atoms with Crippen molar-refractivity contribution in [1.82, 2.24) is 19.7 Å². The van der Waals surface area contributed by atoms with Crippen LogP contribution in [0, 0.1) is 0 Å². The lowest BCUT2D eigenvalue weighted by atomic mass is 10.2. The summed E-state index contributed by atoms with van der Waals surface area (Å²) in [6.07, 6.45) is 2.92. The van der Waals surface area contributed by atoms with E-state index in [0.717, 1.165) is 34.5 Å². The summed E-state index contributed by atoms with van der Waals surface area (Å²) in [4.78, 5) is 7.93. The average molecular weight is 226 g/mol. The lowest BCUT2D eigenvalue weighted by molar-refractivity contribution is 0.746. The summed E-state index contributed by atoms with van der Waals surface area (Å²) < 4.78 is 1.83. The van der Waals surface area contributed by atoms with Gasteiger partial charge in [0.1, 0.15) is 5.82 Å². The van der Waals surface area contributed by atoms with E-state index >= 15 is 0 Å². The molecular weight excluding hydrogens is 212 g/mol. The molecule has 0 fully saturated rings. The maximum absolute atomic E-state index is 4.60. The second-order valence-corrected chi connectivity index (χ2v) is 4.12. The molecule has 86 valence electrons. The molecule has 3 aromatic rings. The van der Waals surface area contributed by atoms with Crippen molar-refractivity contribution in [3.8, 4) is 11.4 Å². The fraction of sp³-hybridized carbons (Fsp3) is 0.231. The van der Waals surface area contributed by atoms with E-state index in [9.17, 15) is 0 Å². The molecule has 0 amide bonds. The summed E-state index contributed by atoms with van der Waals surface area (Å²) >= 11 is 0. The zero-order chi connectivity index (χ0) is 11.8. The summed E-state index contributed by atoms with van der Waals surface area (Å²) in [7, 11) is 1.94. The van der Waals surface area contributed by atoms with Crippen molar-refractivity contribution in [3.05, 3.63) is 36.2 Å². The van der Waals surface area contributed by atoms with Gasteiger partial charge < -0.3 is 4.98 Å². The summed E-state index contributed by atoms with van der Waals surface area (Å²) in [6, 6.07) is 8.05. The Morgan fingerprint density at radius 1 is 1.29 bits per heavy atom. The highest BCUT2D eigenvalue weighted by Gasteiger charge is 2.11. The van der Waals surface area contributed by atoms with E-state index < -0.39 is 0 Å². The summed E-state index contributed by atoms with van der Waals surface area (Å²) in [6.45, 7) is 2.11. The molecule has 2 heterocycles. The molecular formula is C13H14N4. The minimum absolute atomic E-state index is 0.899. The molecule has 1 N–H and O–H groups in total. The molecule has 3 rings (SSSR count). The fourth-order valence-electron chi connectivity index (χ4n) is 2.07. The molecule has 0 aliphatic rings. The van der Waals surface area contributed by atoms with Crippen LogP contribution in [0.4, 0.5) is 0 Å². The lowest BCUT2D eigenvalue weighted by Gasteiger charge is -1.93. The number of nitrogens with one attached hydrogen (secondary N) is 1. The van der Waals surface area contributed by atoms with Crippen molar-refractivity contribution in [1.29, 1.82) is 0 Å². The van der Waals surface area contributed by atoms with Crippen molar-refractivity contribution in [3.63, 3.8) is 0 Å². The number of nitrogens with zero attached hydrogens (tertiary/aromatic N) is 3. The van der Waals surface area contributed by atoms with Crippen LogP contribution in [0.5, 0.6) is 0 Å². The number of rotatable bonds is 2. The minimum Gasteiger partial charge on any atom is -0.338 e. The molecule has 4 heteroatoms. The second kappa shape index (κ2) is 3.73. The molecule has 0 aliphatic heterocycles. The topological polar surface area (TPSA) is 46.5 Å². The summed E-state index contributed by atoms with van der Waals surface area (Å²) in [5, 5.41) is 4.43. The third-order valence-corrected chi connectivity index (χ3v) is 2.88. The normalized spacial score (nSPS) is 11.2. The highest BCUT2D eigenvalue weighted by molar-refractivity contribution is 5.79. The molecule has 0 saturated carbocycles. The number of aryl methyl sites for hydroxylation is 2. The van der Waals surface area contributed by atoms with Gasteiger partial charge in [0, 0.05) is 13.2 Å². The third-order valence-electron chi connectivity index (χ3n) is 2.88. The lowest BCUT2D eigenvalue weighted by Crippen LogP contribution is -1.89. The van der Waals surface area contributed by atoms with E-state index in [4.69, 9.17) is 0 Å². The molecule has 0 bridgehead atoms. The Labute approximate surface area is 99.3 Å². The number of hydrogen-bond acceptors (Lipinski definition) is 2. The third kappa shape index (κ3) is 1.62. The minimum atomic E-state index is 0.899. The fourth-order valence-corrected chi connectivity index (χ4v) is 2.07. The van der Waals surface area contributed by atoms with Gasteiger partial charge in [0.15, 0.2) is 0 Å². The zero-order valence-corrected chi connectivity index (χ0v) is 9.94. The number of H-pyrrole nitrogens is 1. The molecule has 0 atom stereocenters. The predicted octanol–water partition coefficient (Wildman–Crippen LogP) is 2.53. The molecule has 17 heavy (non-hydrogen) atoms. The summed E-state index contributed by atoms with van der Waals surface area (Å²) in [5.41, 5.74) is 4.22. The van der Waals surface area contributed by atoms with Gasteiger partial charge in [-0.2, -0.15) is 5.10 Å². The first kappa shape index (κ1) is 10.1. The van der Waals surface area contributed by atoms with Crippen LogP contribution in [-0.4, -0.2) is 19.7 Å². The standard InChI is InChI=1S/C13H14N4/c1-3-10-9(8-17(2)16-10)13-14-11-6-4-5-7-12(11)15-13/h4-8H,3H2,1-2H3,(H,14,15). The van der Waals surface area contributed by atoms with Crippen LogP contribution in [0.2, 0.25) is 0 Å².